The van der Waals surface area contributed by atoms with Gasteiger partial charge in [0.15, 0.2) is 0 Å². The third-order valence-electron chi connectivity index (χ3n) is 1.96. The van der Waals surface area contributed by atoms with E-state index in [1.165, 1.54) is 4.68 Å². The molecule has 0 spiro atoms. The molecule has 0 saturated heterocycles. The van der Waals surface area contributed by atoms with Gasteiger partial charge < -0.3 is 5.73 Å². The molecule has 1 aromatic rings. The lowest BCUT2D eigenvalue weighted by atomic mass is 10.4. The molecule has 5 nitrogen and oxygen atoms in total. The number of aromatic amines is 1. The van der Waals surface area contributed by atoms with Gasteiger partial charge in [-0.2, -0.15) is 5.10 Å². The first-order valence-corrected chi connectivity index (χ1v) is 4.19. The third-order valence-corrected chi connectivity index (χ3v) is 1.96. The summed E-state index contributed by atoms with van der Waals surface area (Å²) < 4.78 is 1.53. The van der Waals surface area contributed by atoms with Crippen LogP contribution in [0, 0.1) is 0 Å². The summed E-state index contributed by atoms with van der Waals surface area (Å²) in [5, 5.41) is 4.13. The van der Waals surface area contributed by atoms with Crippen LogP contribution in [-0.2, 0) is 6.42 Å². The van der Waals surface area contributed by atoms with Gasteiger partial charge in [-0.1, -0.05) is 0 Å². The van der Waals surface area contributed by atoms with Gasteiger partial charge in [-0.3, -0.25) is 4.98 Å². The summed E-state index contributed by atoms with van der Waals surface area (Å²) in [4.78, 5) is 13.9. The molecule has 0 bridgehead atoms. The maximum atomic E-state index is 11.2. The van der Waals surface area contributed by atoms with Gasteiger partial charge in [-0.15, -0.1) is 0 Å². The van der Waals surface area contributed by atoms with Crippen LogP contribution < -0.4 is 11.4 Å². The number of nitrogens with zero attached hydrogens (tertiary/aromatic N) is 2. The van der Waals surface area contributed by atoms with Crippen molar-refractivity contribution in [3.8, 4) is 0 Å². The van der Waals surface area contributed by atoms with Gasteiger partial charge in [-0.05, 0) is 19.4 Å². The van der Waals surface area contributed by atoms with E-state index >= 15 is 0 Å². The molecule has 2 rings (SSSR count). The van der Waals surface area contributed by atoms with Gasteiger partial charge in [-0.25, -0.2) is 9.48 Å². The van der Waals surface area contributed by atoms with Crippen molar-refractivity contribution in [3.63, 3.8) is 0 Å². The molecule has 1 aliphatic rings. The minimum atomic E-state index is -0.0963. The Hall–Kier alpha value is -1.10. The Labute approximate surface area is 69.6 Å². The lowest BCUT2D eigenvalue weighted by Crippen LogP contribution is -2.16. The summed E-state index contributed by atoms with van der Waals surface area (Å²) in [6.45, 7) is 0.525. The van der Waals surface area contributed by atoms with Crippen LogP contribution in [0.4, 0.5) is 0 Å². The number of hydrogen-bond acceptors (Lipinski definition) is 3. The van der Waals surface area contributed by atoms with Crippen molar-refractivity contribution in [2.45, 2.75) is 25.3 Å². The lowest BCUT2D eigenvalue weighted by molar-refractivity contribution is 0.608. The molecule has 66 valence electrons. The SMILES string of the molecule is NCCc1nn(C2CC2)c(=O)[nH]1. The Kier molecular flexibility index (Phi) is 1.73. The normalized spacial score (nSPS) is 16.8. The van der Waals surface area contributed by atoms with Crippen LogP contribution in [0.25, 0.3) is 0 Å². The molecule has 0 amide bonds. The van der Waals surface area contributed by atoms with E-state index in [0.29, 0.717) is 24.8 Å². The van der Waals surface area contributed by atoms with Crippen LogP contribution >= 0.6 is 0 Å². The Bertz CT molecular complexity index is 322. The van der Waals surface area contributed by atoms with Crippen molar-refractivity contribution in [2.24, 2.45) is 5.73 Å². The van der Waals surface area contributed by atoms with Crippen molar-refractivity contribution < 1.29 is 0 Å². The maximum Gasteiger partial charge on any atom is 0.343 e. The van der Waals surface area contributed by atoms with Crippen molar-refractivity contribution in [1.82, 2.24) is 14.8 Å². The van der Waals surface area contributed by atoms with Crippen LogP contribution in [0.1, 0.15) is 24.7 Å². The van der Waals surface area contributed by atoms with Crippen molar-refractivity contribution >= 4 is 0 Å². The molecule has 5 heteroatoms. The first kappa shape index (κ1) is 7.54. The number of nitrogens with one attached hydrogen (secondary N) is 1. The van der Waals surface area contributed by atoms with Crippen molar-refractivity contribution in [1.29, 1.82) is 0 Å². The number of rotatable bonds is 3. The molecule has 0 atom stereocenters. The predicted octanol–water partition coefficient (Wildman–Crippen LogP) is -0.593. The number of H-pyrrole nitrogens is 1. The zero-order valence-corrected chi connectivity index (χ0v) is 6.79. The van der Waals surface area contributed by atoms with E-state index in [2.05, 4.69) is 10.1 Å². The van der Waals surface area contributed by atoms with Crippen LogP contribution in [0.5, 0.6) is 0 Å². The highest BCUT2D eigenvalue weighted by Crippen LogP contribution is 2.32. The lowest BCUT2D eigenvalue weighted by Gasteiger charge is -1.91. The maximum absolute atomic E-state index is 11.2. The van der Waals surface area contributed by atoms with Gasteiger partial charge in [0.2, 0.25) is 0 Å². The van der Waals surface area contributed by atoms with Gasteiger partial charge in [0.05, 0.1) is 6.04 Å². The Morgan fingerprint density at radius 1 is 1.67 bits per heavy atom. The second kappa shape index (κ2) is 2.75. The fourth-order valence-electron chi connectivity index (χ4n) is 1.20. The standard InChI is InChI=1S/C7H12N4O/c8-4-3-6-9-7(12)11(10-6)5-1-2-5/h5H,1-4,8H2,(H,9,10,12). The van der Waals surface area contributed by atoms with E-state index in [0.717, 1.165) is 12.8 Å². The highest BCUT2D eigenvalue weighted by atomic mass is 16.2. The Morgan fingerprint density at radius 3 is 3.00 bits per heavy atom. The zero-order chi connectivity index (χ0) is 8.55. The van der Waals surface area contributed by atoms with Crippen LogP contribution in [-0.4, -0.2) is 21.3 Å². The van der Waals surface area contributed by atoms with Crippen molar-refractivity contribution in [3.05, 3.63) is 16.3 Å². The molecule has 3 N–H and O–H groups in total. The number of aromatic nitrogens is 3. The summed E-state index contributed by atoms with van der Waals surface area (Å²) >= 11 is 0. The average Bonchev–Trinajstić information content (AvgIpc) is 2.79. The molecule has 12 heavy (non-hydrogen) atoms. The van der Waals surface area contributed by atoms with E-state index in [-0.39, 0.29) is 5.69 Å². The number of hydrogen-bond donors (Lipinski definition) is 2. The van der Waals surface area contributed by atoms with Gasteiger partial charge >= 0.3 is 5.69 Å². The highest BCUT2D eigenvalue weighted by molar-refractivity contribution is 4.88. The minimum absolute atomic E-state index is 0.0963. The molecule has 0 radical (unpaired) electrons. The molecular formula is C7H12N4O. The first-order chi connectivity index (χ1) is 5.81. The fraction of sp³-hybridized carbons (Fsp3) is 0.714. The quantitative estimate of drug-likeness (QED) is 0.633. The third kappa shape index (κ3) is 1.27. The predicted molar refractivity (Wildman–Crippen MR) is 43.9 cm³/mol. The monoisotopic (exact) mass is 168 g/mol. The van der Waals surface area contributed by atoms with E-state index in [4.69, 9.17) is 5.73 Å². The fourth-order valence-corrected chi connectivity index (χ4v) is 1.20. The molecule has 0 aliphatic heterocycles. The van der Waals surface area contributed by atoms with Crippen molar-refractivity contribution in [2.75, 3.05) is 6.54 Å². The largest absolute Gasteiger partial charge is 0.343 e. The molecule has 1 aliphatic carbocycles. The summed E-state index contributed by atoms with van der Waals surface area (Å²) in [7, 11) is 0. The molecule has 1 saturated carbocycles. The second-order valence-electron chi connectivity index (χ2n) is 3.09. The molecule has 0 aromatic carbocycles. The molecule has 1 aromatic heterocycles. The average molecular weight is 168 g/mol. The Balaban J connectivity index is 2.24. The van der Waals surface area contributed by atoms with E-state index in [1.54, 1.807) is 0 Å². The summed E-state index contributed by atoms with van der Waals surface area (Å²) in [6.07, 6.45) is 2.80. The highest BCUT2D eigenvalue weighted by Gasteiger charge is 2.26. The zero-order valence-electron chi connectivity index (χ0n) is 6.79. The molecular weight excluding hydrogens is 156 g/mol. The minimum Gasteiger partial charge on any atom is -0.330 e. The molecule has 0 unspecified atom stereocenters. The summed E-state index contributed by atoms with van der Waals surface area (Å²) in [5.74, 6) is 0.703. The van der Waals surface area contributed by atoms with Gasteiger partial charge in [0, 0.05) is 6.42 Å². The van der Waals surface area contributed by atoms with E-state index in [9.17, 15) is 4.79 Å². The Morgan fingerprint density at radius 2 is 2.42 bits per heavy atom. The van der Waals surface area contributed by atoms with E-state index < -0.39 is 0 Å². The topological polar surface area (TPSA) is 76.7 Å². The summed E-state index contributed by atoms with van der Waals surface area (Å²) in [6, 6.07) is 0.347. The molecule has 1 fully saturated rings. The van der Waals surface area contributed by atoms with Gasteiger partial charge in [0.1, 0.15) is 5.82 Å². The second-order valence-corrected chi connectivity index (χ2v) is 3.09. The van der Waals surface area contributed by atoms with Crippen LogP contribution in [0.3, 0.4) is 0 Å². The molecule has 1 heterocycles. The van der Waals surface area contributed by atoms with Crippen LogP contribution in [0.15, 0.2) is 4.79 Å². The summed E-state index contributed by atoms with van der Waals surface area (Å²) in [5.41, 5.74) is 5.24. The van der Waals surface area contributed by atoms with Crippen LogP contribution in [0.2, 0.25) is 0 Å². The smallest absolute Gasteiger partial charge is 0.330 e. The van der Waals surface area contributed by atoms with E-state index in [1.807, 2.05) is 0 Å². The number of nitrogens with two attached hydrogens (primary N) is 1. The van der Waals surface area contributed by atoms with Gasteiger partial charge in [0.25, 0.3) is 0 Å². The first-order valence-electron chi connectivity index (χ1n) is 4.19.